The van der Waals surface area contributed by atoms with Crippen LogP contribution in [0.25, 0.3) is 11.3 Å². The van der Waals surface area contributed by atoms with Crippen LogP contribution in [0.4, 0.5) is 0 Å². The van der Waals surface area contributed by atoms with Gasteiger partial charge in [0.25, 0.3) is 5.91 Å². The van der Waals surface area contributed by atoms with E-state index in [-0.39, 0.29) is 5.91 Å². The molecule has 5 heteroatoms. The maximum Gasteiger partial charge on any atom is 0.289 e. The molecule has 5 nitrogen and oxygen atoms in total. The molecule has 0 spiro atoms. The molecule has 0 bridgehead atoms. The quantitative estimate of drug-likeness (QED) is 0.571. The zero-order valence-corrected chi connectivity index (χ0v) is 13.9. The average Bonchev–Trinajstić information content (AvgIpc) is 3.11. The lowest BCUT2D eigenvalue weighted by Gasteiger charge is -2.15. The Kier molecular flexibility index (Phi) is 3.90. The summed E-state index contributed by atoms with van der Waals surface area (Å²) >= 11 is 0. The van der Waals surface area contributed by atoms with Gasteiger partial charge in [0.15, 0.2) is 0 Å². The second kappa shape index (κ2) is 6.36. The summed E-state index contributed by atoms with van der Waals surface area (Å²) in [5.41, 5.74) is 9.06. The van der Waals surface area contributed by atoms with Crippen LogP contribution in [0.2, 0.25) is 0 Å². The number of amides is 1. The highest BCUT2D eigenvalue weighted by molar-refractivity contribution is 6.01. The van der Waals surface area contributed by atoms with Crippen LogP contribution in [-0.4, -0.2) is 21.8 Å². The van der Waals surface area contributed by atoms with Gasteiger partial charge in [-0.1, -0.05) is 54.6 Å². The molecule has 4 rings (SSSR count). The number of fused-ring (bicyclic) bond motifs is 3. The van der Waals surface area contributed by atoms with Gasteiger partial charge >= 0.3 is 0 Å². The number of hydrazone groups is 1. The highest BCUT2D eigenvalue weighted by Crippen LogP contribution is 2.33. The van der Waals surface area contributed by atoms with Crippen LogP contribution in [0.3, 0.4) is 0 Å². The minimum atomic E-state index is -0.261. The predicted molar refractivity (Wildman–Crippen MR) is 97.6 cm³/mol. The maximum absolute atomic E-state index is 12.5. The molecule has 1 heterocycles. The van der Waals surface area contributed by atoms with Crippen molar-refractivity contribution in [1.29, 1.82) is 0 Å². The second-order valence-corrected chi connectivity index (χ2v) is 6.09. The first kappa shape index (κ1) is 15.3. The van der Waals surface area contributed by atoms with Crippen molar-refractivity contribution in [3.63, 3.8) is 0 Å². The summed E-state index contributed by atoms with van der Waals surface area (Å²) in [7, 11) is 0. The van der Waals surface area contributed by atoms with E-state index >= 15 is 0 Å². The van der Waals surface area contributed by atoms with Crippen molar-refractivity contribution in [3.05, 3.63) is 77.0 Å². The summed E-state index contributed by atoms with van der Waals surface area (Å²) < 4.78 is 0. The number of nitrogens with one attached hydrogen (secondary N) is 2. The van der Waals surface area contributed by atoms with Crippen molar-refractivity contribution in [2.45, 2.75) is 19.8 Å². The summed E-state index contributed by atoms with van der Waals surface area (Å²) in [6.07, 6.45) is 1.71. The van der Waals surface area contributed by atoms with Crippen molar-refractivity contribution in [1.82, 2.24) is 15.6 Å². The van der Waals surface area contributed by atoms with E-state index in [1.54, 1.807) is 0 Å². The molecule has 124 valence electrons. The monoisotopic (exact) mass is 330 g/mol. The number of H-pyrrole nitrogens is 1. The van der Waals surface area contributed by atoms with E-state index in [0.29, 0.717) is 5.69 Å². The maximum atomic E-state index is 12.5. The molecule has 2 N–H and O–H groups in total. The van der Waals surface area contributed by atoms with Crippen LogP contribution < -0.4 is 5.43 Å². The third-order valence-corrected chi connectivity index (χ3v) is 4.53. The van der Waals surface area contributed by atoms with Gasteiger partial charge in [-0.25, -0.2) is 5.43 Å². The largest absolute Gasteiger partial charge is 0.289 e. The Morgan fingerprint density at radius 1 is 1.08 bits per heavy atom. The fraction of sp³-hybridized carbons (Fsp3) is 0.150. The Labute approximate surface area is 145 Å². The summed E-state index contributed by atoms with van der Waals surface area (Å²) in [5.74, 6) is -0.261. The Balaban J connectivity index is 1.58. The van der Waals surface area contributed by atoms with E-state index in [0.717, 1.165) is 40.9 Å². The number of aromatic nitrogens is 2. The van der Waals surface area contributed by atoms with Crippen molar-refractivity contribution >= 4 is 11.6 Å². The molecule has 1 amide bonds. The molecule has 1 aliphatic carbocycles. The molecular formula is C20H18N4O. The molecule has 1 aromatic heterocycles. The number of hydrogen-bond donors (Lipinski definition) is 2. The second-order valence-electron chi connectivity index (χ2n) is 6.09. The highest BCUT2D eigenvalue weighted by atomic mass is 16.2. The zero-order valence-electron chi connectivity index (χ0n) is 13.9. The van der Waals surface area contributed by atoms with Crippen LogP contribution in [0, 0.1) is 0 Å². The molecule has 0 radical (unpaired) electrons. The van der Waals surface area contributed by atoms with Gasteiger partial charge in [0.05, 0.1) is 11.4 Å². The Bertz CT molecular complexity index is 957. The number of aromatic amines is 1. The van der Waals surface area contributed by atoms with E-state index in [1.165, 1.54) is 5.56 Å². The van der Waals surface area contributed by atoms with E-state index in [2.05, 4.69) is 26.8 Å². The molecule has 0 saturated carbocycles. The summed E-state index contributed by atoms with van der Waals surface area (Å²) in [6, 6.07) is 17.9. The molecule has 0 atom stereocenters. The molecule has 1 aliphatic rings. The lowest BCUT2D eigenvalue weighted by molar-refractivity contribution is 0.0949. The third kappa shape index (κ3) is 2.85. The number of aryl methyl sites for hydroxylation is 1. The Hall–Kier alpha value is -3.21. The van der Waals surface area contributed by atoms with Gasteiger partial charge in [0.1, 0.15) is 5.69 Å². The number of nitrogens with zero attached hydrogens (tertiary/aromatic N) is 2. The van der Waals surface area contributed by atoms with Crippen molar-refractivity contribution in [2.75, 3.05) is 0 Å². The average molecular weight is 330 g/mol. The van der Waals surface area contributed by atoms with Crippen molar-refractivity contribution in [3.8, 4) is 11.3 Å². The standard InChI is InChI=1S/C20H18N4O/c1-13(14-7-3-2-4-8-14)21-24-20(25)19-17-12-11-15-9-5-6-10-16(15)18(17)22-23-19/h2-10H,11-12H2,1H3,(H,22,23)(H,24,25)/b21-13+. The van der Waals surface area contributed by atoms with Crippen molar-refractivity contribution in [2.24, 2.45) is 5.10 Å². The van der Waals surface area contributed by atoms with Gasteiger partial charge in [0.2, 0.25) is 0 Å². The number of hydrogen-bond acceptors (Lipinski definition) is 3. The molecular weight excluding hydrogens is 312 g/mol. The first-order valence-electron chi connectivity index (χ1n) is 8.29. The minimum Gasteiger partial charge on any atom is -0.272 e. The topological polar surface area (TPSA) is 70.1 Å². The van der Waals surface area contributed by atoms with E-state index in [1.807, 2.05) is 55.5 Å². The normalized spacial score (nSPS) is 13.1. The Morgan fingerprint density at radius 2 is 1.84 bits per heavy atom. The first-order valence-corrected chi connectivity index (χ1v) is 8.29. The Morgan fingerprint density at radius 3 is 2.68 bits per heavy atom. The van der Waals surface area contributed by atoms with Crippen molar-refractivity contribution < 1.29 is 4.79 Å². The van der Waals surface area contributed by atoms with E-state index < -0.39 is 0 Å². The van der Waals surface area contributed by atoms with Gasteiger partial charge in [-0.05, 0) is 30.9 Å². The molecule has 25 heavy (non-hydrogen) atoms. The smallest absolute Gasteiger partial charge is 0.272 e. The fourth-order valence-corrected chi connectivity index (χ4v) is 3.18. The number of rotatable bonds is 3. The third-order valence-electron chi connectivity index (χ3n) is 4.53. The zero-order chi connectivity index (χ0) is 17.2. The summed E-state index contributed by atoms with van der Waals surface area (Å²) in [6.45, 7) is 1.87. The number of carbonyl (C=O) groups is 1. The highest BCUT2D eigenvalue weighted by Gasteiger charge is 2.24. The SMILES string of the molecule is C/C(=N\NC(=O)c1[nH]nc2c1CCc1ccccc1-2)c1ccccc1. The molecule has 2 aromatic carbocycles. The minimum absolute atomic E-state index is 0.261. The predicted octanol–water partition coefficient (Wildman–Crippen LogP) is 3.33. The van der Waals surface area contributed by atoms with Crippen LogP contribution in [0.1, 0.15) is 34.1 Å². The van der Waals surface area contributed by atoms with Crippen LogP contribution in [-0.2, 0) is 12.8 Å². The molecule has 0 aliphatic heterocycles. The fourth-order valence-electron chi connectivity index (χ4n) is 3.18. The number of carbonyl (C=O) groups excluding carboxylic acids is 1. The van der Waals surface area contributed by atoms with Crippen LogP contribution in [0.15, 0.2) is 59.7 Å². The van der Waals surface area contributed by atoms with E-state index in [4.69, 9.17) is 0 Å². The van der Waals surface area contributed by atoms with Gasteiger partial charge in [-0.3, -0.25) is 9.89 Å². The molecule has 0 unspecified atom stereocenters. The van der Waals surface area contributed by atoms with Gasteiger partial charge in [-0.2, -0.15) is 10.2 Å². The van der Waals surface area contributed by atoms with Gasteiger partial charge in [-0.15, -0.1) is 0 Å². The summed E-state index contributed by atoms with van der Waals surface area (Å²) in [5, 5.41) is 11.5. The molecule has 3 aromatic rings. The number of benzene rings is 2. The van der Waals surface area contributed by atoms with Crippen LogP contribution in [0.5, 0.6) is 0 Å². The van der Waals surface area contributed by atoms with E-state index in [9.17, 15) is 4.79 Å². The summed E-state index contributed by atoms with van der Waals surface area (Å²) in [4.78, 5) is 12.5. The molecule has 0 saturated heterocycles. The van der Waals surface area contributed by atoms with Gasteiger partial charge in [0, 0.05) is 11.1 Å². The first-order chi connectivity index (χ1) is 12.2. The van der Waals surface area contributed by atoms with Gasteiger partial charge < -0.3 is 0 Å². The van der Waals surface area contributed by atoms with Crippen LogP contribution >= 0.6 is 0 Å². The molecule has 0 fully saturated rings. The lowest BCUT2D eigenvalue weighted by atomic mass is 9.89. The lowest BCUT2D eigenvalue weighted by Crippen LogP contribution is -2.21.